The topological polar surface area (TPSA) is 82.2 Å². The summed E-state index contributed by atoms with van der Waals surface area (Å²) >= 11 is 5.78. The molecule has 1 aromatic carbocycles. The molecule has 0 aliphatic rings. The van der Waals surface area contributed by atoms with Crippen molar-refractivity contribution in [1.29, 1.82) is 5.26 Å². The van der Waals surface area contributed by atoms with Gasteiger partial charge in [-0.15, -0.1) is 0 Å². The third kappa shape index (κ3) is 4.62. The van der Waals surface area contributed by atoms with Gasteiger partial charge >= 0.3 is 0 Å². The van der Waals surface area contributed by atoms with E-state index in [9.17, 15) is 4.79 Å². The van der Waals surface area contributed by atoms with Crippen molar-refractivity contribution in [2.45, 2.75) is 6.42 Å². The van der Waals surface area contributed by atoms with Crippen LogP contribution >= 0.6 is 11.6 Å². The van der Waals surface area contributed by atoms with E-state index in [0.29, 0.717) is 29.4 Å². The fourth-order valence-corrected chi connectivity index (χ4v) is 1.50. The van der Waals surface area contributed by atoms with Gasteiger partial charge < -0.3 is 11.1 Å². The average Bonchev–Trinajstić information content (AvgIpc) is 2.31. The summed E-state index contributed by atoms with van der Waals surface area (Å²) in [6.07, 6.45) is 0.400. The van der Waals surface area contributed by atoms with Crippen LogP contribution < -0.4 is 11.1 Å². The van der Waals surface area contributed by atoms with Gasteiger partial charge in [0.05, 0.1) is 23.3 Å². The van der Waals surface area contributed by atoms with Crippen LogP contribution in [-0.4, -0.2) is 30.9 Å². The lowest BCUT2D eigenvalue weighted by atomic mass is 10.3. The van der Waals surface area contributed by atoms with Crippen LogP contribution in [0.2, 0.25) is 5.02 Å². The number of benzene rings is 1. The zero-order valence-electron chi connectivity index (χ0n) is 10.1. The molecule has 0 aliphatic heterocycles. The first kappa shape index (κ1) is 14.3. The second-order valence-electron chi connectivity index (χ2n) is 3.93. The summed E-state index contributed by atoms with van der Waals surface area (Å²) in [6.45, 7) is 0.789. The molecule has 0 aromatic heterocycles. The Balaban J connectivity index is 2.49. The fourth-order valence-electron chi connectivity index (χ4n) is 1.39. The van der Waals surface area contributed by atoms with Crippen LogP contribution in [0.3, 0.4) is 0 Å². The van der Waals surface area contributed by atoms with E-state index in [1.54, 1.807) is 30.1 Å². The van der Waals surface area contributed by atoms with E-state index in [1.807, 2.05) is 6.07 Å². The van der Waals surface area contributed by atoms with Crippen LogP contribution in [0.4, 0.5) is 11.4 Å². The number of nitrogen functional groups attached to an aromatic ring is 1. The molecule has 18 heavy (non-hydrogen) atoms. The minimum atomic E-state index is -0.155. The SMILES string of the molecule is CN(CCC#N)CC(=O)Nc1ccc(Cl)c(N)c1. The molecule has 0 atom stereocenters. The summed E-state index contributed by atoms with van der Waals surface area (Å²) < 4.78 is 0. The lowest BCUT2D eigenvalue weighted by Gasteiger charge is -2.14. The first-order valence-corrected chi connectivity index (χ1v) is 5.81. The molecule has 0 bridgehead atoms. The number of nitrogens with zero attached hydrogens (tertiary/aromatic N) is 2. The summed E-state index contributed by atoms with van der Waals surface area (Å²) in [4.78, 5) is 13.4. The van der Waals surface area contributed by atoms with Crippen LogP contribution in [0.1, 0.15) is 6.42 Å². The third-order valence-corrected chi connectivity index (χ3v) is 2.64. The summed E-state index contributed by atoms with van der Waals surface area (Å²) in [5.74, 6) is -0.155. The van der Waals surface area contributed by atoms with Crippen molar-refractivity contribution in [2.24, 2.45) is 0 Å². The summed E-state index contributed by atoms with van der Waals surface area (Å²) in [5, 5.41) is 11.6. The number of rotatable bonds is 5. The van der Waals surface area contributed by atoms with Gasteiger partial charge in [-0.1, -0.05) is 11.6 Å². The summed E-state index contributed by atoms with van der Waals surface area (Å²) in [6, 6.07) is 6.95. The van der Waals surface area contributed by atoms with Gasteiger partial charge in [0.15, 0.2) is 0 Å². The summed E-state index contributed by atoms with van der Waals surface area (Å²) in [7, 11) is 1.78. The molecular weight excluding hydrogens is 252 g/mol. The molecular formula is C12H15ClN4O. The van der Waals surface area contributed by atoms with E-state index in [0.717, 1.165) is 0 Å². The van der Waals surface area contributed by atoms with Crippen molar-refractivity contribution in [3.8, 4) is 6.07 Å². The standard InChI is InChI=1S/C12H15ClN4O/c1-17(6-2-5-14)8-12(18)16-9-3-4-10(13)11(15)7-9/h3-4,7H,2,6,8,15H2,1H3,(H,16,18). The second kappa shape index (κ2) is 6.84. The lowest BCUT2D eigenvalue weighted by Crippen LogP contribution is -2.30. The van der Waals surface area contributed by atoms with Crippen molar-refractivity contribution in [1.82, 2.24) is 4.90 Å². The van der Waals surface area contributed by atoms with Gasteiger partial charge in [0, 0.05) is 18.7 Å². The van der Waals surface area contributed by atoms with Crippen LogP contribution in [0.15, 0.2) is 18.2 Å². The largest absolute Gasteiger partial charge is 0.397 e. The molecule has 96 valence electrons. The Bertz CT molecular complexity index is 470. The first-order chi connectivity index (χ1) is 8.52. The molecule has 0 saturated carbocycles. The molecule has 3 N–H and O–H groups in total. The average molecular weight is 267 g/mol. The molecule has 0 spiro atoms. The van der Waals surface area contributed by atoms with Crippen molar-refractivity contribution in [3.63, 3.8) is 0 Å². The number of nitrogens with two attached hydrogens (primary N) is 1. The predicted molar refractivity (Wildman–Crippen MR) is 72.2 cm³/mol. The van der Waals surface area contributed by atoms with Crippen molar-refractivity contribution in [2.75, 3.05) is 31.2 Å². The quantitative estimate of drug-likeness (QED) is 0.795. The number of hydrogen-bond donors (Lipinski definition) is 2. The molecule has 5 nitrogen and oxygen atoms in total. The number of nitriles is 1. The monoisotopic (exact) mass is 266 g/mol. The number of hydrogen-bond acceptors (Lipinski definition) is 4. The van der Waals surface area contributed by atoms with Crippen LogP contribution in [0.25, 0.3) is 0 Å². The van der Waals surface area contributed by atoms with Crippen LogP contribution in [0.5, 0.6) is 0 Å². The number of carbonyl (C=O) groups excluding carboxylic acids is 1. The maximum Gasteiger partial charge on any atom is 0.238 e. The van der Waals surface area contributed by atoms with Crippen LogP contribution in [-0.2, 0) is 4.79 Å². The Labute approximate surface area is 111 Å². The van der Waals surface area contributed by atoms with Gasteiger partial charge in [0.1, 0.15) is 0 Å². The van der Waals surface area contributed by atoms with E-state index in [2.05, 4.69) is 5.32 Å². The highest BCUT2D eigenvalue weighted by Gasteiger charge is 2.07. The van der Waals surface area contributed by atoms with E-state index in [1.165, 1.54) is 0 Å². The molecule has 0 aliphatic carbocycles. The number of likely N-dealkylation sites (N-methyl/N-ethyl adjacent to an activating group) is 1. The molecule has 1 rings (SSSR count). The molecule has 0 radical (unpaired) electrons. The Morgan fingerprint density at radius 1 is 1.61 bits per heavy atom. The van der Waals surface area contributed by atoms with Crippen molar-refractivity contribution < 1.29 is 4.79 Å². The smallest absolute Gasteiger partial charge is 0.238 e. The lowest BCUT2D eigenvalue weighted by molar-refractivity contribution is -0.117. The van der Waals surface area contributed by atoms with Gasteiger partial charge in [-0.05, 0) is 25.2 Å². The number of halogens is 1. The van der Waals surface area contributed by atoms with Gasteiger partial charge in [0.2, 0.25) is 5.91 Å². The van der Waals surface area contributed by atoms with E-state index in [-0.39, 0.29) is 12.5 Å². The normalized spacial score (nSPS) is 10.1. The second-order valence-corrected chi connectivity index (χ2v) is 4.34. The summed E-state index contributed by atoms with van der Waals surface area (Å²) in [5.41, 5.74) is 6.66. The van der Waals surface area contributed by atoms with E-state index < -0.39 is 0 Å². The fraction of sp³-hybridized carbons (Fsp3) is 0.333. The highest BCUT2D eigenvalue weighted by molar-refractivity contribution is 6.33. The van der Waals surface area contributed by atoms with Crippen LogP contribution in [0, 0.1) is 11.3 Å². The number of amides is 1. The van der Waals surface area contributed by atoms with Gasteiger partial charge in [0.25, 0.3) is 0 Å². The van der Waals surface area contributed by atoms with Crippen molar-refractivity contribution >= 4 is 28.9 Å². The van der Waals surface area contributed by atoms with E-state index >= 15 is 0 Å². The maximum atomic E-state index is 11.7. The number of carbonyl (C=O) groups is 1. The predicted octanol–water partition coefficient (Wildman–Crippen LogP) is 1.71. The zero-order valence-corrected chi connectivity index (χ0v) is 10.9. The minimum absolute atomic E-state index is 0.155. The Morgan fingerprint density at radius 2 is 2.33 bits per heavy atom. The molecule has 1 aromatic rings. The Kier molecular flexibility index (Phi) is 5.43. The Morgan fingerprint density at radius 3 is 2.94 bits per heavy atom. The molecule has 1 amide bonds. The first-order valence-electron chi connectivity index (χ1n) is 5.43. The van der Waals surface area contributed by atoms with Crippen molar-refractivity contribution in [3.05, 3.63) is 23.2 Å². The Hall–Kier alpha value is -1.77. The zero-order chi connectivity index (χ0) is 13.5. The molecule has 0 saturated heterocycles. The molecule has 6 heteroatoms. The molecule has 0 fully saturated rings. The van der Waals surface area contributed by atoms with Gasteiger partial charge in [-0.3, -0.25) is 9.69 Å². The molecule has 0 heterocycles. The molecule has 0 unspecified atom stereocenters. The van der Waals surface area contributed by atoms with Gasteiger partial charge in [-0.25, -0.2) is 0 Å². The van der Waals surface area contributed by atoms with Gasteiger partial charge in [-0.2, -0.15) is 5.26 Å². The highest BCUT2D eigenvalue weighted by Crippen LogP contribution is 2.22. The highest BCUT2D eigenvalue weighted by atomic mass is 35.5. The number of anilines is 2. The maximum absolute atomic E-state index is 11.7. The third-order valence-electron chi connectivity index (χ3n) is 2.30. The minimum Gasteiger partial charge on any atom is -0.397 e. The van der Waals surface area contributed by atoms with E-state index in [4.69, 9.17) is 22.6 Å². The number of nitrogens with one attached hydrogen (secondary N) is 1.